The second-order valence-electron chi connectivity index (χ2n) is 7.22. The number of nitro benzene ring substituents is 1. The molecule has 156 valence electrons. The molecule has 0 unspecified atom stereocenters. The number of Topliss-reactive ketones (excluding diaryl/α,β-unsaturated/α-hetero) is 1. The van der Waals surface area contributed by atoms with Gasteiger partial charge in [0, 0.05) is 23.3 Å². The van der Waals surface area contributed by atoms with Gasteiger partial charge in [0.05, 0.1) is 4.92 Å². The third kappa shape index (κ3) is 5.08. The number of amides is 1. The summed E-state index contributed by atoms with van der Waals surface area (Å²) in [5.41, 5.74) is 2.74. The smallest absolute Gasteiger partial charge is 0.328 e. The standard InChI is InChI=1S/C22H22N2O6/c1-14(23-21(26)18-7-4-8-19(12-18)24(28)29)22(27)30-13-20(25)17-10-9-15-5-2-3-6-16(15)11-17/h4,7-12,14H,2-3,5-6,13H2,1H3,(H,23,26)/t14-/m0/s1. The first-order valence-electron chi connectivity index (χ1n) is 9.72. The van der Waals surface area contributed by atoms with Crippen molar-refractivity contribution in [2.24, 2.45) is 0 Å². The number of nitrogens with one attached hydrogen (secondary N) is 1. The molecule has 0 fully saturated rings. The van der Waals surface area contributed by atoms with Gasteiger partial charge in [-0.3, -0.25) is 19.7 Å². The minimum Gasteiger partial charge on any atom is -0.456 e. The van der Waals surface area contributed by atoms with Gasteiger partial charge in [-0.05, 0) is 55.9 Å². The normalized spacial score (nSPS) is 13.6. The van der Waals surface area contributed by atoms with Crippen LogP contribution >= 0.6 is 0 Å². The third-order valence-corrected chi connectivity index (χ3v) is 5.04. The monoisotopic (exact) mass is 410 g/mol. The molecule has 0 saturated heterocycles. The van der Waals surface area contributed by atoms with Crippen LogP contribution in [-0.4, -0.2) is 35.2 Å². The number of nitro groups is 1. The Hall–Kier alpha value is -3.55. The Bertz CT molecular complexity index is 1000. The van der Waals surface area contributed by atoms with Crippen LogP contribution in [0.4, 0.5) is 5.69 Å². The number of fused-ring (bicyclic) bond motifs is 1. The van der Waals surface area contributed by atoms with Gasteiger partial charge in [0.2, 0.25) is 0 Å². The van der Waals surface area contributed by atoms with Crippen molar-refractivity contribution in [1.29, 1.82) is 0 Å². The van der Waals surface area contributed by atoms with Gasteiger partial charge in [-0.15, -0.1) is 0 Å². The highest BCUT2D eigenvalue weighted by atomic mass is 16.6. The van der Waals surface area contributed by atoms with Crippen molar-refractivity contribution < 1.29 is 24.0 Å². The summed E-state index contributed by atoms with van der Waals surface area (Å²) in [6.07, 6.45) is 4.21. The van der Waals surface area contributed by atoms with Gasteiger partial charge in [-0.2, -0.15) is 0 Å². The van der Waals surface area contributed by atoms with Crippen molar-refractivity contribution in [3.05, 3.63) is 74.8 Å². The molecule has 0 saturated carbocycles. The van der Waals surface area contributed by atoms with E-state index in [2.05, 4.69) is 5.32 Å². The number of nitrogens with zero attached hydrogens (tertiary/aromatic N) is 1. The van der Waals surface area contributed by atoms with Gasteiger partial charge in [0.1, 0.15) is 6.04 Å². The van der Waals surface area contributed by atoms with E-state index >= 15 is 0 Å². The molecule has 0 aliphatic heterocycles. The molecule has 0 bridgehead atoms. The van der Waals surface area contributed by atoms with Crippen LogP contribution in [0.5, 0.6) is 0 Å². The van der Waals surface area contributed by atoms with E-state index in [1.165, 1.54) is 30.7 Å². The average molecular weight is 410 g/mol. The largest absolute Gasteiger partial charge is 0.456 e. The number of hydrogen-bond donors (Lipinski definition) is 1. The van der Waals surface area contributed by atoms with Crippen LogP contribution in [0, 0.1) is 10.1 Å². The highest BCUT2D eigenvalue weighted by Gasteiger charge is 2.21. The van der Waals surface area contributed by atoms with Gasteiger partial charge < -0.3 is 10.1 Å². The lowest BCUT2D eigenvalue weighted by molar-refractivity contribution is -0.384. The van der Waals surface area contributed by atoms with Crippen LogP contribution in [0.1, 0.15) is 51.6 Å². The van der Waals surface area contributed by atoms with E-state index in [1.807, 2.05) is 12.1 Å². The predicted molar refractivity (Wildman–Crippen MR) is 108 cm³/mol. The lowest BCUT2D eigenvalue weighted by atomic mass is 9.90. The lowest BCUT2D eigenvalue weighted by Gasteiger charge is -2.16. The number of hydrogen-bond acceptors (Lipinski definition) is 6. The molecular formula is C22H22N2O6. The molecule has 0 radical (unpaired) electrons. The molecule has 0 spiro atoms. The van der Waals surface area contributed by atoms with Crippen molar-refractivity contribution in [3.63, 3.8) is 0 Å². The summed E-state index contributed by atoms with van der Waals surface area (Å²) >= 11 is 0. The van der Waals surface area contributed by atoms with E-state index < -0.39 is 29.4 Å². The summed E-state index contributed by atoms with van der Waals surface area (Å²) in [6.45, 7) is 0.996. The quantitative estimate of drug-likeness (QED) is 0.325. The van der Waals surface area contributed by atoms with Crippen LogP contribution in [0.2, 0.25) is 0 Å². The SMILES string of the molecule is C[C@H](NC(=O)c1cccc([N+](=O)[O-])c1)C(=O)OCC(=O)c1ccc2c(c1)CCCC2. The number of esters is 1. The van der Waals surface area contributed by atoms with Gasteiger partial charge in [0.25, 0.3) is 11.6 Å². The molecule has 8 nitrogen and oxygen atoms in total. The topological polar surface area (TPSA) is 116 Å². The number of ketones is 1. The maximum atomic E-state index is 12.4. The predicted octanol–water partition coefficient (Wildman–Crippen LogP) is 3.02. The zero-order valence-corrected chi connectivity index (χ0v) is 16.6. The Morgan fingerprint density at radius 3 is 2.53 bits per heavy atom. The second-order valence-corrected chi connectivity index (χ2v) is 7.22. The van der Waals surface area contributed by atoms with E-state index in [-0.39, 0.29) is 17.0 Å². The fourth-order valence-electron chi connectivity index (χ4n) is 3.35. The summed E-state index contributed by atoms with van der Waals surface area (Å²) in [6, 6.07) is 9.70. The fourth-order valence-corrected chi connectivity index (χ4v) is 3.35. The summed E-state index contributed by atoms with van der Waals surface area (Å²) < 4.78 is 5.05. The van der Waals surface area contributed by atoms with Gasteiger partial charge in [0.15, 0.2) is 12.4 Å². The first-order chi connectivity index (χ1) is 14.3. The molecule has 1 amide bonds. The zero-order valence-electron chi connectivity index (χ0n) is 16.6. The first-order valence-corrected chi connectivity index (χ1v) is 9.72. The van der Waals surface area contributed by atoms with Crippen molar-refractivity contribution >= 4 is 23.3 Å². The van der Waals surface area contributed by atoms with Crippen LogP contribution < -0.4 is 5.32 Å². The molecule has 2 aromatic rings. The maximum absolute atomic E-state index is 12.4. The number of aryl methyl sites for hydroxylation is 2. The van der Waals surface area contributed by atoms with Crippen LogP contribution in [0.3, 0.4) is 0 Å². The average Bonchev–Trinajstić information content (AvgIpc) is 2.76. The zero-order chi connectivity index (χ0) is 21.7. The Kier molecular flexibility index (Phi) is 6.56. The van der Waals surface area contributed by atoms with Crippen LogP contribution in [0.15, 0.2) is 42.5 Å². The van der Waals surface area contributed by atoms with E-state index in [4.69, 9.17) is 4.74 Å². The number of ether oxygens (including phenoxy) is 1. The Balaban J connectivity index is 1.54. The number of rotatable bonds is 7. The molecule has 30 heavy (non-hydrogen) atoms. The molecule has 8 heteroatoms. The van der Waals surface area contributed by atoms with Crippen molar-refractivity contribution in [1.82, 2.24) is 5.32 Å². The minimum atomic E-state index is -1.02. The summed E-state index contributed by atoms with van der Waals surface area (Å²) in [5.74, 6) is -1.72. The van der Waals surface area contributed by atoms with E-state index in [9.17, 15) is 24.5 Å². The lowest BCUT2D eigenvalue weighted by Crippen LogP contribution is -2.40. The molecule has 1 aliphatic rings. The summed E-state index contributed by atoms with van der Waals surface area (Å²) in [5, 5.41) is 13.2. The van der Waals surface area contributed by atoms with Gasteiger partial charge in [-0.1, -0.05) is 18.2 Å². The number of carbonyl (C=O) groups is 3. The highest BCUT2D eigenvalue weighted by molar-refractivity contribution is 5.99. The highest BCUT2D eigenvalue weighted by Crippen LogP contribution is 2.22. The molecule has 1 atom stereocenters. The minimum absolute atomic E-state index is 0.0500. The Labute approximate surface area is 173 Å². The van der Waals surface area contributed by atoms with Crippen molar-refractivity contribution in [3.8, 4) is 0 Å². The van der Waals surface area contributed by atoms with E-state index in [0.717, 1.165) is 37.3 Å². The van der Waals surface area contributed by atoms with Crippen LogP contribution in [-0.2, 0) is 22.4 Å². The van der Waals surface area contributed by atoms with Crippen LogP contribution in [0.25, 0.3) is 0 Å². The van der Waals surface area contributed by atoms with Gasteiger partial charge in [-0.25, -0.2) is 4.79 Å². The molecule has 3 rings (SSSR count). The molecule has 0 aromatic heterocycles. The summed E-state index contributed by atoms with van der Waals surface area (Å²) in [7, 11) is 0. The first kappa shape index (κ1) is 21.2. The molecule has 2 aromatic carbocycles. The second kappa shape index (κ2) is 9.30. The Morgan fingerprint density at radius 2 is 1.80 bits per heavy atom. The third-order valence-electron chi connectivity index (χ3n) is 5.04. The van der Waals surface area contributed by atoms with Gasteiger partial charge >= 0.3 is 5.97 Å². The number of non-ortho nitro benzene ring substituents is 1. The molecule has 0 heterocycles. The van der Waals surface area contributed by atoms with Crippen molar-refractivity contribution in [2.45, 2.75) is 38.6 Å². The van der Waals surface area contributed by atoms with Crippen molar-refractivity contribution in [2.75, 3.05) is 6.61 Å². The van der Waals surface area contributed by atoms with E-state index in [1.54, 1.807) is 6.07 Å². The molecule has 1 N–H and O–H groups in total. The molecule has 1 aliphatic carbocycles. The van der Waals surface area contributed by atoms with E-state index in [0.29, 0.717) is 5.56 Å². The fraction of sp³-hybridized carbons (Fsp3) is 0.318. The number of carbonyl (C=O) groups excluding carboxylic acids is 3. The Morgan fingerprint density at radius 1 is 1.07 bits per heavy atom. The summed E-state index contributed by atoms with van der Waals surface area (Å²) in [4.78, 5) is 47.0. The maximum Gasteiger partial charge on any atom is 0.328 e. The molecular weight excluding hydrogens is 388 g/mol. The number of benzene rings is 2.